The van der Waals surface area contributed by atoms with Gasteiger partial charge >= 0.3 is 0 Å². The summed E-state index contributed by atoms with van der Waals surface area (Å²) in [5, 5.41) is 22.5. The number of nitrogens with one attached hydrogen (secondary N) is 1. The van der Waals surface area contributed by atoms with Gasteiger partial charge in [0, 0.05) is 0 Å². The van der Waals surface area contributed by atoms with Crippen molar-refractivity contribution in [2.75, 3.05) is 5.32 Å². The number of phenolic OH excluding ortho intramolecular Hbond substituents is 2. The molecule has 0 saturated heterocycles. The van der Waals surface area contributed by atoms with Crippen molar-refractivity contribution >= 4 is 27.5 Å². The number of hydrogen-bond acceptors (Lipinski definition) is 4. The molecule has 0 radical (unpaired) electrons. The van der Waals surface area contributed by atoms with Crippen LogP contribution in [0.25, 0.3) is 0 Å². The van der Waals surface area contributed by atoms with Gasteiger partial charge in [0.1, 0.15) is 28.7 Å². The molecule has 0 aliphatic carbocycles. The third kappa shape index (κ3) is 4.44. The molecular formula is C17H18BrFN2O3. The lowest BCUT2D eigenvalue weighted by Crippen LogP contribution is -2.15. The van der Waals surface area contributed by atoms with E-state index in [2.05, 4.69) is 33.2 Å². The number of hydrogen-bond donors (Lipinski definition) is 3. The predicted molar refractivity (Wildman–Crippen MR) is 92.8 cm³/mol. The van der Waals surface area contributed by atoms with Gasteiger partial charge in [0.2, 0.25) is 0 Å². The highest BCUT2D eigenvalue weighted by Gasteiger charge is 2.17. The van der Waals surface area contributed by atoms with E-state index in [1.54, 1.807) is 0 Å². The van der Waals surface area contributed by atoms with Crippen LogP contribution in [0, 0.1) is 5.82 Å². The number of aryl methyl sites for hydroxylation is 1. The first kappa shape index (κ1) is 18.2. The van der Waals surface area contributed by atoms with E-state index in [1.807, 2.05) is 0 Å². The lowest BCUT2D eigenvalue weighted by Gasteiger charge is -2.12. The number of pyridine rings is 1. The average molecular weight is 397 g/mol. The molecule has 2 aromatic rings. The summed E-state index contributed by atoms with van der Waals surface area (Å²) in [6, 6.07) is 4.13. The van der Waals surface area contributed by atoms with Crippen molar-refractivity contribution in [1.29, 1.82) is 0 Å². The molecule has 0 atom stereocenters. The van der Waals surface area contributed by atoms with Gasteiger partial charge in [0.25, 0.3) is 5.91 Å². The molecule has 2 rings (SSSR count). The Morgan fingerprint density at radius 2 is 1.92 bits per heavy atom. The maximum absolute atomic E-state index is 13.0. The Kier molecular flexibility index (Phi) is 6.14. The van der Waals surface area contributed by atoms with Crippen molar-refractivity contribution in [3.8, 4) is 11.5 Å². The van der Waals surface area contributed by atoms with Crippen LogP contribution in [-0.4, -0.2) is 21.1 Å². The Bertz CT molecular complexity index is 730. The van der Waals surface area contributed by atoms with E-state index in [9.17, 15) is 19.4 Å². The van der Waals surface area contributed by atoms with E-state index in [0.717, 1.165) is 43.5 Å². The Hall–Kier alpha value is -2.15. The molecular weight excluding hydrogens is 379 g/mol. The topological polar surface area (TPSA) is 82.5 Å². The quantitative estimate of drug-likeness (QED) is 0.499. The maximum atomic E-state index is 13.0. The molecule has 128 valence electrons. The molecule has 0 aliphatic rings. The fourth-order valence-corrected chi connectivity index (χ4v) is 2.78. The number of anilines is 1. The molecule has 0 spiro atoms. The Morgan fingerprint density at radius 1 is 1.25 bits per heavy atom. The van der Waals surface area contributed by atoms with Crippen LogP contribution >= 0.6 is 15.9 Å². The third-order valence-electron chi connectivity index (χ3n) is 3.49. The first-order valence-electron chi connectivity index (χ1n) is 7.59. The van der Waals surface area contributed by atoms with E-state index in [1.165, 1.54) is 12.1 Å². The summed E-state index contributed by atoms with van der Waals surface area (Å²) in [4.78, 5) is 15.9. The smallest absolute Gasteiger partial charge is 0.275 e. The molecule has 1 heterocycles. The normalized spacial score (nSPS) is 10.6. The van der Waals surface area contributed by atoms with Gasteiger partial charge in [-0.05, 0) is 52.5 Å². The van der Waals surface area contributed by atoms with Crippen molar-refractivity contribution in [2.24, 2.45) is 0 Å². The number of amides is 1. The van der Waals surface area contributed by atoms with Gasteiger partial charge in [0.05, 0.1) is 10.7 Å². The van der Waals surface area contributed by atoms with Crippen molar-refractivity contribution in [3.63, 3.8) is 0 Å². The zero-order chi connectivity index (χ0) is 17.7. The maximum Gasteiger partial charge on any atom is 0.275 e. The number of carbonyl (C=O) groups excluding carboxylic acids is 1. The average Bonchev–Trinajstić information content (AvgIpc) is 2.51. The number of rotatable bonds is 6. The van der Waals surface area contributed by atoms with Gasteiger partial charge < -0.3 is 15.5 Å². The zero-order valence-corrected chi connectivity index (χ0v) is 14.7. The predicted octanol–water partition coefficient (Wildman–Crippen LogP) is 4.38. The second-order valence-electron chi connectivity index (χ2n) is 5.40. The summed E-state index contributed by atoms with van der Waals surface area (Å²) in [6.45, 7) is 2.09. The molecule has 24 heavy (non-hydrogen) atoms. The van der Waals surface area contributed by atoms with E-state index >= 15 is 0 Å². The van der Waals surface area contributed by atoms with E-state index < -0.39 is 11.7 Å². The first-order chi connectivity index (χ1) is 11.4. The second-order valence-corrected chi connectivity index (χ2v) is 6.26. The van der Waals surface area contributed by atoms with Gasteiger partial charge in [-0.25, -0.2) is 9.37 Å². The third-order valence-corrected chi connectivity index (χ3v) is 4.09. The van der Waals surface area contributed by atoms with Crippen LogP contribution in [0.2, 0.25) is 0 Å². The molecule has 7 heteroatoms. The van der Waals surface area contributed by atoms with Crippen molar-refractivity contribution in [3.05, 3.63) is 45.9 Å². The molecule has 5 nitrogen and oxygen atoms in total. The van der Waals surface area contributed by atoms with Crippen LogP contribution in [0.3, 0.4) is 0 Å². The van der Waals surface area contributed by atoms with Crippen LogP contribution in [-0.2, 0) is 6.42 Å². The number of phenols is 2. The lowest BCUT2D eigenvalue weighted by molar-refractivity contribution is 0.102. The first-order valence-corrected chi connectivity index (χ1v) is 8.39. The number of aromatic hydroxyl groups is 2. The summed E-state index contributed by atoms with van der Waals surface area (Å²) >= 11 is 3.06. The summed E-state index contributed by atoms with van der Waals surface area (Å²) in [5.41, 5.74) is 0.636. The van der Waals surface area contributed by atoms with E-state index in [-0.39, 0.29) is 27.4 Å². The molecule has 1 amide bonds. The Balaban J connectivity index is 2.18. The van der Waals surface area contributed by atoms with Gasteiger partial charge in [0.15, 0.2) is 0 Å². The van der Waals surface area contributed by atoms with E-state index in [0.29, 0.717) is 0 Å². The molecule has 0 fully saturated rings. The zero-order valence-electron chi connectivity index (χ0n) is 13.1. The summed E-state index contributed by atoms with van der Waals surface area (Å²) in [7, 11) is 0. The van der Waals surface area contributed by atoms with Crippen LogP contribution < -0.4 is 5.32 Å². The number of unbranched alkanes of at least 4 members (excludes halogenated alkanes) is 2. The minimum absolute atomic E-state index is 0.0535. The monoisotopic (exact) mass is 396 g/mol. The van der Waals surface area contributed by atoms with Crippen LogP contribution in [0.5, 0.6) is 11.5 Å². The fourth-order valence-electron chi connectivity index (χ4n) is 2.27. The minimum atomic E-state index is -0.675. The molecule has 1 aromatic carbocycles. The van der Waals surface area contributed by atoms with Gasteiger partial charge in [-0.3, -0.25) is 4.79 Å². The van der Waals surface area contributed by atoms with Gasteiger partial charge in [-0.1, -0.05) is 19.8 Å². The lowest BCUT2D eigenvalue weighted by atomic mass is 10.1. The highest BCUT2D eigenvalue weighted by molar-refractivity contribution is 9.10. The number of nitrogens with zero attached hydrogens (tertiary/aromatic N) is 1. The summed E-state index contributed by atoms with van der Waals surface area (Å²) in [5.74, 6) is -1.71. The van der Waals surface area contributed by atoms with Gasteiger partial charge in [-0.2, -0.15) is 0 Å². The fraction of sp³-hybridized carbons (Fsp3) is 0.294. The number of halogens is 2. The molecule has 0 saturated carbocycles. The molecule has 0 unspecified atom stereocenters. The van der Waals surface area contributed by atoms with Crippen LogP contribution in [0.4, 0.5) is 10.1 Å². The number of carbonyl (C=O) groups is 1. The van der Waals surface area contributed by atoms with Crippen molar-refractivity contribution in [2.45, 2.75) is 32.6 Å². The van der Waals surface area contributed by atoms with E-state index in [4.69, 9.17) is 0 Å². The van der Waals surface area contributed by atoms with Crippen molar-refractivity contribution < 1.29 is 19.4 Å². The highest BCUT2D eigenvalue weighted by atomic mass is 79.9. The Morgan fingerprint density at radius 3 is 2.50 bits per heavy atom. The minimum Gasteiger partial charge on any atom is -0.506 e. The Labute approximate surface area is 147 Å². The largest absolute Gasteiger partial charge is 0.506 e. The molecule has 1 aromatic heterocycles. The number of benzene rings is 1. The standard InChI is InChI=1S/C17H18BrFN2O3/c1-2-3-4-5-10-6-13(22)16(14(23)7-10)21-17(24)15-12(18)8-11(19)9-20-15/h6-9,22-23H,2-5H2,1H3,(H,21,24). The SMILES string of the molecule is CCCCCc1cc(O)c(NC(=O)c2ncc(F)cc2Br)c(O)c1. The van der Waals surface area contributed by atoms with Crippen molar-refractivity contribution in [1.82, 2.24) is 4.98 Å². The summed E-state index contributed by atoms with van der Waals surface area (Å²) in [6.07, 6.45) is 4.73. The molecule has 0 bridgehead atoms. The highest BCUT2D eigenvalue weighted by Crippen LogP contribution is 2.35. The summed E-state index contributed by atoms with van der Waals surface area (Å²) < 4.78 is 13.2. The second kappa shape index (κ2) is 8.10. The number of aromatic nitrogens is 1. The molecule has 3 N–H and O–H groups in total. The van der Waals surface area contributed by atoms with Crippen LogP contribution in [0.15, 0.2) is 28.9 Å². The molecule has 0 aliphatic heterocycles. The van der Waals surface area contributed by atoms with Gasteiger partial charge in [-0.15, -0.1) is 0 Å². The van der Waals surface area contributed by atoms with Crippen LogP contribution in [0.1, 0.15) is 42.2 Å².